The molecule has 1 aliphatic heterocycles. The van der Waals surface area contributed by atoms with Gasteiger partial charge >= 0.3 is 0 Å². The fourth-order valence-electron chi connectivity index (χ4n) is 2.50. The van der Waals surface area contributed by atoms with Crippen LogP contribution in [0.4, 0.5) is 0 Å². The van der Waals surface area contributed by atoms with Crippen molar-refractivity contribution in [2.45, 2.75) is 18.9 Å². The lowest BCUT2D eigenvalue weighted by Crippen LogP contribution is -2.46. The molecule has 1 N–H and O–H groups in total. The molecule has 0 radical (unpaired) electrons. The Morgan fingerprint density at radius 1 is 1.39 bits per heavy atom. The molecule has 0 spiro atoms. The summed E-state index contributed by atoms with van der Waals surface area (Å²) in [6.45, 7) is 1.52. The number of hydrogen-bond acceptors (Lipinski definition) is 6. The fraction of sp³-hybridized carbons (Fsp3) is 0.400. The molecule has 1 unspecified atom stereocenters. The van der Waals surface area contributed by atoms with Crippen molar-refractivity contribution in [3.05, 3.63) is 52.7 Å². The van der Waals surface area contributed by atoms with E-state index in [0.29, 0.717) is 38.2 Å². The normalized spacial score (nSPS) is 17.9. The van der Waals surface area contributed by atoms with Gasteiger partial charge in [0, 0.05) is 37.2 Å². The van der Waals surface area contributed by atoms with Crippen molar-refractivity contribution in [3.8, 4) is 0 Å². The number of rotatable bonds is 4. The van der Waals surface area contributed by atoms with Crippen LogP contribution < -0.4 is 5.56 Å². The lowest BCUT2D eigenvalue weighted by Gasteiger charge is -2.32. The Balaban J connectivity index is 1.58. The van der Waals surface area contributed by atoms with E-state index < -0.39 is 0 Å². The predicted octanol–water partition coefficient (Wildman–Crippen LogP) is 0.0337. The van der Waals surface area contributed by atoms with Crippen molar-refractivity contribution >= 4 is 5.91 Å². The van der Waals surface area contributed by atoms with Gasteiger partial charge in [0.05, 0.1) is 25.2 Å². The first-order valence-electron chi connectivity index (χ1n) is 7.43. The molecule has 3 heterocycles. The Morgan fingerprint density at radius 3 is 3.09 bits per heavy atom. The highest BCUT2D eigenvalue weighted by atomic mass is 16.5. The highest BCUT2D eigenvalue weighted by molar-refractivity contribution is 5.92. The number of aromatic amines is 1. The van der Waals surface area contributed by atoms with Gasteiger partial charge in [-0.1, -0.05) is 0 Å². The Labute approximate surface area is 132 Å². The molecule has 8 nitrogen and oxygen atoms in total. The molecule has 3 rings (SSSR count). The maximum absolute atomic E-state index is 12.4. The predicted molar refractivity (Wildman–Crippen MR) is 80.9 cm³/mol. The first kappa shape index (κ1) is 15.3. The van der Waals surface area contributed by atoms with Crippen molar-refractivity contribution < 1.29 is 9.53 Å². The molecule has 1 atom stereocenters. The smallest absolute Gasteiger partial charge is 0.274 e. The Morgan fingerprint density at radius 2 is 2.30 bits per heavy atom. The Hall–Kier alpha value is -2.61. The maximum atomic E-state index is 12.4. The van der Waals surface area contributed by atoms with Crippen molar-refractivity contribution in [1.29, 1.82) is 0 Å². The molecule has 1 saturated heterocycles. The first-order valence-corrected chi connectivity index (χ1v) is 7.43. The number of ether oxygens (including phenoxy) is 1. The number of amides is 1. The molecular formula is C15H17N5O3. The highest BCUT2D eigenvalue weighted by Crippen LogP contribution is 2.13. The minimum absolute atomic E-state index is 0.0783. The second kappa shape index (κ2) is 7.10. The van der Waals surface area contributed by atoms with Crippen LogP contribution in [0.3, 0.4) is 0 Å². The number of carbonyl (C=O) groups is 1. The third kappa shape index (κ3) is 3.98. The number of hydrogen-bond donors (Lipinski definition) is 1. The van der Waals surface area contributed by atoms with E-state index in [9.17, 15) is 9.59 Å². The maximum Gasteiger partial charge on any atom is 0.274 e. The van der Waals surface area contributed by atoms with Crippen LogP contribution in [0.25, 0.3) is 0 Å². The van der Waals surface area contributed by atoms with Crippen LogP contribution in [0.1, 0.15) is 22.6 Å². The minimum Gasteiger partial charge on any atom is -0.375 e. The quantitative estimate of drug-likeness (QED) is 0.854. The monoisotopic (exact) mass is 315 g/mol. The zero-order valence-electron chi connectivity index (χ0n) is 12.5. The lowest BCUT2D eigenvalue weighted by molar-refractivity contribution is -0.0248. The van der Waals surface area contributed by atoms with Gasteiger partial charge in [0.25, 0.3) is 11.5 Å². The van der Waals surface area contributed by atoms with Crippen molar-refractivity contribution in [2.75, 3.05) is 19.7 Å². The van der Waals surface area contributed by atoms with Crippen LogP contribution in [0.15, 0.2) is 35.8 Å². The molecular weight excluding hydrogens is 298 g/mol. The van der Waals surface area contributed by atoms with E-state index in [1.54, 1.807) is 4.90 Å². The van der Waals surface area contributed by atoms with E-state index in [2.05, 4.69) is 19.9 Å². The van der Waals surface area contributed by atoms with E-state index in [0.717, 1.165) is 5.69 Å². The van der Waals surface area contributed by atoms with Crippen LogP contribution in [-0.4, -0.2) is 56.5 Å². The summed E-state index contributed by atoms with van der Waals surface area (Å²) < 4.78 is 5.70. The largest absolute Gasteiger partial charge is 0.375 e. The molecule has 0 saturated carbocycles. The Kier molecular flexibility index (Phi) is 4.72. The Bertz CT molecular complexity index is 718. The zero-order valence-corrected chi connectivity index (χ0v) is 12.5. The number of nitrogens with one attached hydrogen (secondary N) is 1. The number of H-pyrrole nitrogens is 1. The summed E-state index contributed by atoms with van der Waals surface area (Å²) in [6, 6.07) is 1.48. The molecule has 1 fully saturated rings. The average molecular weight is 315 g/mol. The molecule has 2 aromatic rings. The number of nitrogens with zero attached hydrogens (tertiary/aromatic N) is 4. The van der Waals surface area contributed by atoms with E-state index in [4.69, 9.17) is 4.74 Å². The number of carbonyl (C=O) groups excluding carboxylic acids is 1. The summed E-state index contributed by atoms with van der Waals surface area (Å²) in [6.07, 6.45) is 7.14. The molecule has 120 valence electrons. The molecule has 8 heteroatoms. The van der Waals surface area contributed by atoms with E-state index >= 15 is 0 Å². The van der Waals surface area contributed by atoms with Crippen molar-refractivity contribution in [3.63, 3.8) is 0 Å². The molecule has 1 amide bonds. The standard InChI is InChI=1S/C15H17N5O3/c21-14-7-11(18-10-19-14)1-2-12-9-20(5-6-23-12)15(22)13-8-16-3-4-17-13/h3-4,7-8,10,12H,1-2,5-6,9H2,(H,18,19,21). The number of morpholine rings is 1. The fourth-order valence-corrected chi connectivity index (χ4v) is 2.50. The molecule has 0 aromatic carbocycles. The van der Waals surface area contributed by atoms with Gasteiger partial charge in [-0.3, -0.25) is 14.6 Å². The number of aromatic nitrogens is 4. The van der Waals surface area contributed by atoms with Gasteiger partial charge in [0.15, 0.2) is 0 Å². The van der Waals surface area contributed by atoms with Gasteiger partial charge in [-0.05, 0) is 12.8 Å². The molecule has 2 aromatic heterocycles. The van der Waals surface area contributed by atoms with Crippen molar-refractivity contribution in [1.82, 2.24) is 24.8 Å². The third-order valence-electron chi connectivity index (χ3n) is 3.67. The molecule has 0 bridgehead atoms. The van der Waals surface area contributed by atoms with Gasteiger partial charge in [0.2, 0.25) is 0 Å². The van der Waals surface area contributed by atoms with Crippen LogP contribution in [0.5, 0.6) is 0 Å². The zero-order chi connectivity index (χ0) is 16.1. The van der Waals surface area contributed by atoms with Gasteiger partial charge in [-0.25, -0.2) is 9.97 Å². The molecule has 23 heavy (non-hydrogen) atoms. The third-order valence-corrected chi connectivity index (χ3v) is 3.67. The van der Waals surface area contributed by atoms with Crippen LogP contribution in [-0.2, 0) is 11.2 Å². The van der Waals surface area contributed by atoms with Gasteiger partial charge in [-0.2, -0.15) is 0 Å². The summed E-state index contributed by atoms with van der Waals surface area (Å²) in [4.78, 5) is 39.9. The number of aryl methyl sites for hydroxylation is 1. The van der Waals surface area contributed by atoms with E-state index in [1.807, 2.05) is 0 Å². The van der Waals surface area contributed by atoms with Gasteiger partial charge in [0.1, 0.15) is 5.69 Å². The highest BCUT2D eigenvalue weighted by Gasteiger charge is 2.25. The summed E-state index contributed by atoms with van der Waals surface area (Å²) >= 11 is 0. The average Bonchev–Trinajstić information content (AvgIpc) is 2.60. The summed E-state index contributed by atoms with van der Waals surface area (Å²) in [7, 11) is 0. The first-order chi connectivity index (χ1) is 11.2. The molecule has 0 aliphatic carbocycles. The van der Waals surface area contributed by atoms with Gasteiger partial charge in [-0.15, -0.1) is 0 Å². The second-order valence-corrected chi connectivity index (χ2v) is 5.28. The topological polar surface area (TPSA) is 101 Å². The summed E-state index contributed by atoms with van der Waals surface area (Å²) in [5.41, 5.74) is 0.887. The van der Waals surface area contributed by atoms with E-state index in [-0.39, 0.29) is 17.6 Å². The summed E-state index contributed by atoms with van der Waals surface area (Å²) in [5.74, 6) is -0.138. The lowest BCUT2D eigenvalue weighted by atomic mass is 10.1. The van der Waals surface area contributed by atoms with E-state index in [1.165, 1.54) is 31.0 Å². The van der Waals surface area contributed by atoms with Crippen LogP contribution in [0.2, 0.25) is 0 Å². The molecule has 1 aliphatic rings. The minimum atomic E-state index is -0.168. The van der Waals surface area contributed by atoms with Gasteiger partial charge < -0.3 is 14.6 Å². The second-order valence-electron chi connectivity index (χ2n) is 5.28. The van der Waals surface area contributed by atoms with Crippen LogP contribution >= 0.6 is 0 Å². The van der Waals surface area contributed by atoms with Crippen molar-refractivity contribution in [2.24, 2.45) is 0 Å². The SMILES string of the molecule is O=C(c1cnccn1)N1CCOC(CCc2cc(=O)[nH]cn2)C1. The van der Waals surface area contributed by atoms with Crippen LogP contribution in [0, 0.1) is 0 Å². The summed E-state index contributed by atoms with van der Waals surface area (Å²) in [5, 5.41) is 0.